The Hall–Kier alpha value is -2.18. The van der Waals surface area contributed by atoms with Crippen molar-refractivity contribution in [2.24, 2.45) is 0 Å². The van der Waals surface area contributed by atoms with Gasteiger partial charge in [0.2, 0.25) is 5.91 Å². The first-order valence-corrected chi connectivity index (χ1v) is 9.01. The van der Waals surface area contributed by atoms with Crippen molar-refractivity contribution in [1.82, 2.24) is 9.55 Å². The molecule has 130 valence electrons. The van der Waals surface area contributed by atoms with Crippen molar-refractivity contribution in [2.45, 2.75) is 34.2 Å². The fraction of sp³-hybridized carbons (Fsp3) is 0.278. The summed E-state index contributed by atoms with van der Waals surface area (Å²) in [4.78, 5) is 31.5. The van der Waals surface area contributed by atoms with Gasteiger partial charge in [0.05, 0.1) is 5.39 Å². The number of nitrogens with zero attached hydrogens (tertiary/aromatic N) is 2. The molecule has 1 aromatic carbocycles. The lowest BCUT2D eigenvalue weighted by Crippen LogP contribution is -2.30. The third-order valence-corrected chi connectivity index (χ3v) is 5.83. The number of amides is 1. The number of anilines is 1. The quantitative estimate of drug-likeness (QED) is 0.752. The number of benzene rings is 1. The number of rotatable bonds is 3. The Morgan fingerprint density at radius 2 is 1.96 bits per heavy atom. The second-order valence-corrected chi connectivity index (χ2v) is 7.58. The van der Waals surface area contributed by atoms with Crippen LogP contribution in [-0.2, 0) is 11.3 Å². The summed E-state index contributed by atoms with van der Waals surface area (Å²) in [6, 6.07) is 5.32. The van der Waals surface area contributed by atoms with Crippen molar-refractivity contribution in [1.29, 1.82) is 0 Å². The fourth-order valence-electron chi connectivity index (χ4n) is 2.69. The molecule has 1 N–H and O–H groups in total. The molecule has 2 heterocycles. The number of nitrogens with one attached hydrogen (secondary N) is 1. The van der Waals surface area contributed by atoms with E-state index in [1.807, 2.05) is 20.8 Å². The van der Waals surface area contributed by atoms with Gasteiger partial charge in [0.15, 0.2) is 0 Å². The van der Waals surface area contributed by atoms with E-state index in [9.17, 15) is 9.59 Å². The third-order valence-electron chi connectivity index (χ3n) is 4.32. The van der Waals surface area contributed by atoms with Gasteiger partial charge in [0.1, 0.15) is 17.2 Å². The predicted molar refractivity (Wildman–Crippen MR) is 103 cm³/mol. The van der Waals surface area contributed by atoms with Gasteiger partial charge in [-0.1, -0.05) is 17.7 Å². The van der Waals surface area contributed by atoms with E-state index in [0.717, 1.165) is 20.8 Å². The highest BCUT2D eigenvalue weighted by molar-refractivity contribution is 7.18. The van der Waals surface area contributed by atoms with Gasteiger partial charge < -0.3 is 5.32 Å². The number of aryl methyl sites for hydroxylation is 3. The van der Waals surface area contributed by atoms with E-state index in [2.05, 4.69) is 10.3 Å². The molecule has 0 aliphatic carbocycles. The molecule has 0 aliphatic rings. The molecule has 0 radical (unpaired) electrons. The Morgan fingerprint density at radius 1 is 1.24 bits per heavy atom. The zero-order valence-electron chi connectivity index (χ0n) is 14.4. The summed E-state index contributed by atoms with van der Waals surface area (Å²) in [6.45, 7) is 7.36. The van der Waals surface area contributed by atoms with E-state index in [1.165, 1.54) is 15.9 Å². The molecule has 0 spiro atoms. The molecular formula is C18H18ClN3O2S. The van der Waals surface area contributed by atoms with Crippen LogP contribution >= 0.6 is 22.9 Å². The molecule has 0 bridgehead atoms. The van der Waals surface area contributed by atoms with Gasteiger partial charge in [0, 0.05) is 15.6 Å². The first-order chi connectivity index (χ1) is 11.8. The summed E-state index contributed by atoms with van der Waals surface area (Å²) >= 11 is 7.58. The average Bonchev–Trinajstić information content (AvgIpc) is 2.83. The lowest BCUT2D eigenvalue weighted by molar-refractivity contribution is -0.116. The van der Waals surface area contributed by atoms with E-state index in [1.54, 1.807) is 25.1 Å². The Balaban J connectivity index is 1.95. The summed E-state index contributed by atoms with van der Waals surface area (Å²) in [7, 11) is 0. The molecule has 25 heavy (non-hydrogen) atoms. The highest BCUT2D eigenvalue weighted by Gasteiger charge is 2.16. The van der Waals surface area contributed by atoms with Crippen molar-refractivity contribution in [2.75, 3.05) is 5.32 Å². The molecule has 0 saturated heterocycles. The second kappa shape index (κ2) is 6.61. The zero-order chi connectivity index (χ0) is 18.3. The van der Waals surface area contributed by atoms with Gasteiger partial charge in [-0.05, 0) is 51.0 Å². The van der Waals surface area contributed by atoms with Crippen molar-refractivity contribution >= 4 is 44.7 Å². The Labute approximate surface area is 154 Å². The highest BCUT2D eigenvalue weighted by atomic mass is 35.5. The summed E-state index contributed by atoms with van der Waals surface area (Å²) in [5, 5.41) is 3.99. The molecular weight excluding hydrogens is 358 g/mol. The number of carbonyl (C=O) groups is 1. The monoisotopic (exact) mass is 375 g/mol. The topological polar surface area (TPSA) is 64.0 Å². The number of hydrogen-bond acceptors (Lipinski definition) is 4. The number of hydrogen-bond donors (Lipinski definition) is 1. The van der Waals surface area contributed by atoms with E-state index < -0.39 is 0 Å². The van der Waals surface area contributed by atoms with Crippen LogP contribution in [0.25, 0.3) is 10.2 Å². The molecule has 3 aromatic rings. The number of halogens is 1. The summed E-state index contributed by atoms with van der Waals surface area (Å²) in [6.07, 6.45) is 0. The largest absolute Gasteiger partial charge is 0.324 e. The van der Waals surface area contributed by atoms with Gasteiger partial charge in [0.25, 0.3) is 5.56 Å². The fourth-order valence-corrected chi connectivity index (χ4v) is 3.93. The minimum Gasteiger partial charge on any atom is -0.324 e. The Bertz CT molecular complexity index is 1050. The van der Waals surface area contributed by atoms with Crippen molar-refractivity contribution in [3.05, 3.63) is 55.4 Å². The van der Waals surface area contributed by atoms with Crippen LogP contribution in [-0.4, -0.2) is 15.5 Å². The molecule has 0 unspecified atom stereocenters. The van der Waals surface area contributed by atoms with Gasteiger partial charge in [-0.15, -0.1) is 11.3 Å². The van der Waals surface area contributed by atoms with Gasteiger partial charge in [-0.2, -0.15) is 0 Å². The molecule has 0 atom stereocenters. The van der Waals surface area contributed by atoms with Crippen LogP contribution in [0.3, 0.4) is 0 Å². The van der Waals surface area contributed by atoms with Gasteiger partial charge >= 0.3 is 0 Å². The summed E-state index contributed by atoms with van der Waals surface area (Å²) < 4.78 is 1.41. The number of thiophene rings is 1. The molecule has 5 nitrogen and oxygen atoms in total. The summed E-state index contributed by atoms with van der Waals surface area (Å²) in [5.74, 6) is 0.234. The maximum Gasteiger partial charge on any atom is 0.263 e. The van der Waals surface area contributed by atoms with Crippen LogP contribution in [0, 0.1) is 27.7 Å². The first kappa shape index (κ1) is 17.6. The Kier molecular flexibility index (Phi) is 4.67. The lowest BCUT2D eigenvalue weighted by Gasteiger charge is -2.12. The molecule has 0 saturated carbocycles. The lowest BCUT2D eigenvalue weighted by atomic mass is 10.2. The number of aromatic nitrogens is 2. The van der Waals surface area contributed by atoms with Crippen molar-refractivity contribution in [3.8, 4) is 0 Å². The van der Waals surface area contributed by atoms with Crippen LogP contribution in [0.1, 0.15) is 21.8 Å². The van der Waals surface area contributed by atoms with Crippen LogP contribution in [0.15, 0.2) is 23.0 Å². The van der Waals surface area contributed by atoms with Crippen LogP contribution in [0.5, 0.6) is 0 Å². The first-order valence-electron chi connectivity index (χ1n) is 7.81. The zero-order valence-corrected chi connectivity index (χ0v) is 16.0. The third kappa shape index (κ3) is 3.19. The standard InChI is InChI=1S/C18H18ClN3O2S/c1-9-11(3)25-17-16(9)18(24)22(12(4)20-17)8-15(23)21-14-7-5-6-13(19)10(14)2/h5-7H,8H2,1-4H3,(H,21,23). The minimum absolute atomic E-state index is 0.0894. The van der Waals surface area contributed by atoms with Crippen LogP contribution in [0.2, 0.25) is 5.02 Å². The molecule has 1 amide bonds. The molecule has 7 heteroatoms. The van der Waals surface area contributed by atoms with Crippen molar-refractivity contribution < 1.29 is 4.79 Å². The summed E-state index contributed by atoms with van der Waals surface area (Å²) in [5.41, 5.74) is 2.18. The van der Waals surface area contributed by atoms with E-state index in [4.69, 9.17) is 11.6 Å². The van der Waals surface area contributed by atoms with E-state index in [0.29, 0.717) is 21.9 Å². The average molecular weight is 376 g/mol. The van der Waals surface area contributed by atoms with Crippen LogP contribution < -0.4 is 10.9 Å². The maximum atomic E-state index is 12.8. The van der Waals surface area contributed by atoms with Gasteiger partial charge in [-0.25, -0.2) is 4.98 Å². The normalized spacial score (nSPS) is 11.1. The maximum absolute atomic E-state index is 12.8. The smallest absolute Gasteiger partial charge is 0.263 e. The van der Waals surface area contributed by atoms with E-state index >= 15 is 0 Å². The molecule has 2 aromatic heterocycles. The minimum atomic E-state index is -0.290. The highest BCUT2D eigenvalue weighted by Crippen LogP contribution is 2.26. The van der Waals surface area contributed by atoms with E-state index in [-0.39, 0.29) is 18.0 Å². The molecule has 0 aliphatic heterocycles. The predicted octanol–water partition coefficient (Wildman–Crippen LogP) is 3.98. The molecule has 0 fully saturated rings. The SMILES string of the molecule is Cc1sc2nc(C)n(CC(=O)Nc3cccc(Cl)c3C)c(=O)c2c1C. The number of carbonyl (C=O) groups excluding carboxylic acids is 1. The van der Waals surface area contributed by atoms with Gasteiger partial charge in [-0.3, -0.25) is 14.2 Å². The van der Waals surface area contributed by atoms with Crippen LogP contribution in [0.4, 0.5) is 5.69 Å². The number of fused-ring (bicyclic) bond motifs is 1. The second-order valence-electron chi connectivity index (χ2n) is 5.97. The molecule has 3 rings (SSSR count). The van der Waals surface area contributed by atoms with Crippen molar-refractivity contribution in [3.63, 3.8) is 0 Å². The Morgan fingerprint density at radius 3 is 2.68 bits per heavy atom.